The first-order chi connectivity index (χ1) is 33.6. The number of benzene rings is 2. The lowest BCUT2D eigenvalue weighted by atomic mass is 9.94. The Kier molecular flexibility index (Phi) is 11.6. The molecule has 0 spiro atoms. The molecule has 3 aliphatic heterocycles. The first-order valence-electron chi connectivity index (χ1n) is 22.8. The topological polar surface area (TPSA) is 122 Å². The van der Waals surface area contributed by atoms with Gasteiger partial charge in [-0.05, 0) is 105 Å². The van der Waals surface area contributed by atoms with Gasteiger partial charge in [0.15, 0.2) is 17.5 Å². The van der Waals surface area contributed by atoms with Gasteiger partial charge in [-0.3, -0.25) is 9.88 Å². The van der Waals surface area contributed by atoms with Crippen LogP contribution < -0.4 is 14.5 Å². The standard InChI is InChI=1S/C51H47F4N13O/c1-63-18-20-65(21-19-63)43-6-4-8-45(61-43)67-27-33(25-58-67)31-14-16-56-42(24-31)48-39(52)13-12-37(49(48)69-3)32-22-38(50(54)55)47(40(53)23-32)51-57-17-15-41(60-51)34-26-59-68(28-34)46-9-5-7-44(62-46)66-29-35-10-11-36(30-66)64(35)2/h4-9,12-17,22-28,35-36,50H,10-11,18-21,29-30H2,1-3H3. The lowest BCUT2D eigenvalue weighted by Gasteiger charge is -2.39. The maximum Gasteiger partial charge on any atom is 0.264 e. The maximum atomic E-state index is 16.5. The number of halogens is 4. The van der Waals surface area contributed by atoms with Crippen LogP contribution in [0.15, 0.2) is 116 Å². The molecule has 3 saturated heterocycles. The average Bonchev–Trinajstić information content (AvgIpc) is 4.12. The summed E-state index contributed by atoms with van der Waals surface area (Å²) in [7, 11) is 5.63. The van der Waals surface area contributed by atoms with Crippen molar-refractivity contribution in [2.45, 2.75) is 31.4 Å². The summed E-state index contributed by atoms with van der Waals surface area (Å²) < 4.78 is 71.8. The van der Waals surface area contributed by atoms with Crippen molar-refractivity contribution in [3.05, 3.63) is 133 Å². The van der Waals surface area contributed by atoms with Crippen LogP contribution in [0.1, 0.15) is 24.8 Å². The first kappa shape index (κ1) is 44.0. The number of piperazine rings is 2. The Morgan fingerprint density at radius 2 is 1.26 bits per heavy atom. The van der Waals surface area contributed by atoms with Crippen molar-refractivity contribution in [2.75, 3.05) is 70.3 Å². The van der Waals surface area contributed by atoms with Gasteiger partial charge in [0.25, 0.3) is 6.43 Å². The molecule has 350 valence electrons. The Bertz CT molecular complexity index is 3170. The van der Waals surface area contributed by atoms with E-state index in [9.17, 15) is 0 Å². The van der Waals surface area contributed by atoms with Crippen molar-refractivity contribution in [1.29, 1.82) is 0 Å². The predicted octanol–water partition coefficient (Wildman–Crippen LogP) is 8.63. The molecule has 3 aliphatic rings. The van der Waals surface area contributed by atoms with Crippen molar-refractivity contribution >= 4 is 11.6 Å². The fraction of sp³-hybridized carbons (Fsp3) is 0.275. The highest BCUT2D eigenvalue weighted by Gasteiger charge is 2.38. The highest BCUT2D eigenvalue weighted by atomic mass is 19.3. The van der Waals surface area contributed by atoms with Crippen LogP contribution in [0, 0.1) is 11.6 Å². The molecule has 6 aromatic heterocycles. The molecule has 11 rings (SSSR count). The van der Waals surface area contributed by atoms with Crippen molar-refractivity contribution in [3.63, 3.8) is 0 Å². The second-order valence-corrected chi connectivity index (χ2v) is 17.7. The molecule has 0 aliphatic carbocycles. The smallest absolute Gasteiger partial charge is 0.264 e. The second kappa shape index (κ2) is 18.2. The molecule has 2 aromatic carbocycles. The van der Waals surface area contributed by atoms with E-state index in [4.69, 9.17) is 14.7 Å². The van der Waals surface area contributed by atoms with E-state index in [-0.39, 0.29) is 34.0 Å². The van der Waals surface area contributed by atoms with Crippen molar-refractivity contribution in [1.82, 2.24) is 54.3 Å². The SMILES string of the molecule is COc1c(-c2cc(F)c(-c3nccc(-c4cnn(-c5cccc(N6CC7CCC(C6)N7C)n5)c4)n3)c(C(F)F)c2)ccc(F)c1-c1cc(-c2cnn(-c3cccc(N4CCN(C)CC4)n3)c2)ccn1. The van der Waals surface area contributed by atoms with Crippen molar-refractivity contribution in [3.8, 4) is 73.5 Å². The number of alkyl halides is 2. The van der Waals surface area contributed by atoms with Crippen LogP contribution in [-0.2, 0) is 0 Å². The van der Waals surface area contributed by atoms with Gasteiger partial charge in [-0.2, -0.15) is 10.2 Å². The second-order valence-electron chi connectivity index (χ2n) is 17.7. The monoisotopic (exact) mass is 933 g/mol. The van der Waals surface area contributed by atoms with Crippen LogP contribution in [0.5, 0.6) is 5.75 Å². The zero-order chi connectivity index (χ0) is 47.3. The summed E-state index contributed by atoms with van der Waals surface area (Å²) in [5, 5.41) is 9.12. The summed E-state index contributed by atoms with van der Waals surface area (Å²) in [4.78, 5) is 32.4. The van der Waals surface area contributed by atoms with E-state index in [0.29, 0.717) is 40.5 Å². The van der Waals surface area contributed by atoms with E-state index >= 15 is 17.6 Å². The maximum absolute atomic E-state index is 16.5. The molecule has 3 fully saturated rings. The fourth-order valence-electron chi connectivity index (χ4n) is 9.76. The zero-order valence-corrected chi connectivity index (χ0v) is 38.1. The lowest BCUT2D eigenvalue weighted by molar-refractivity contribution is 0.151. The first-order valence-corrected chi connectivity index (χ1v) is 22.8. The van der Waals surface area contributed by atoms with Crippen molar-refractivity contribution < 1.29 is 22.3 Å². The molecule has 2 bridgehead atoms. The van der Waals surface area contributed by atoms with Crippen molar-refractivity contribution in [2.24, 2.45) is 0 Å². The summed E-state index contributed by atoms with van der Waals surface area (Å²) in [6, 6.07) is 22.5. The number of methoxy groups -OCH3 is 1. The lowest BCUT2D eigenvalue weighted by Crippen LogP contribution is -2.52. The Labute approximate surface area is 395 Å². The minimum Gasteiger partial charge on any atom is -0.495 e. The molecular weight excluding hydrogens is 887 g/mol. The molecule has 0 N–H and O–H groups in total. The van der Waals surface area contributed by atoms with Gasteiger partial charge in [-0.25, -0.2) is 46.9 Å². The van der Waals surface area contributed by atoms with E-state index in [1.54, 1.807) is 46.2 Å². The zero-order valence-electron chi connectivity index (χ0n) is 38.1. The number of fused-ring (bicyclic) bond motifs is 2. The van der Waals surface area contributed by atoms with Gasteiger partial charge in [0.1, 0.15) is 29.0 Å². The third kappa shape index (κ3) is 8.43. The third-order valence-electron chi connectivity index (χ3n) is 13.6. The summed E-state index contributed by atoms with van der Waals surface area (Å²) >= 11 is 0. The molecule has 2 unspecified atom stereocenters. The van der Waals surface area contributed by atoms with Gasteiger partial charge in [-0.1, -0.05) is 12.1 Å². The number of pyridine rings is 3. The Morgan fingerprint density at radius 1 is 0.609 bits per heavy atom. The van der Waals surface area contributed by atoms with Gasteiger partial charge in [-0.15, -0.1) is 0 Å². The van der Waals surface area contributed by atoms with Gasteiger partial charge in [0, 0.05) is 98.4 Å². The Morgan fingerprint density at radius 3 is 1.96 bits per heavy atom. The molecule has 14 nitrogen and oxygen atoms in total. The molecule has 18 heteroatoms. The van der Waals surface area contributed by atoms with Crippen LogP contribution in [0.2, 0.25) is 0 Å². The van der Waals surface area contributed by atoms with E-state index in [2.05, 4.69) is 58.8 Å². The molecule has 9 heterocycles. The van der Waals surface area contributed by atoms with E-state index in [1.165, 1.54) is 44.5 Å². The third-order valence-corrected chi connectivity index (χ3v) is 13.6. The molecule has 8 aromatic rings. The van der Waals surface area contributed by atoms with Gasteiger partial charge in [0.2, 0.25) is 0 Å². The number of ether oxygens (including phenoxy) is 1. The van der Waals surface area contributed by atoms with Crippen LogP contribution >= 0.6 is 0 Å². The number of hydrogen-bond donors (Lipinski definition) is 0. The Balaban J connectivity index is 0.870. The quantitative estimate of drug-likeness (QED) is 0.116. The van der Waals surface area contributed by atoms with E-state index in [1.807, 2.05) is 42.6 Å². The van der Waals surface area contributed by atoms with Crippen LogP contribution in [0.4, 0.5) is 29.2 Å². The highest BCUT2D eigenvalue weighted by molar-refractivity contribution is 5.84. The van der Waals surface area contributed by atoms with Gasteiger partial charge < -0.3 is 19.4 Å². The number of rotatable bonds is 11. The minimum absolute atomic E-state index is 0.0152. The normalized spacial score (nSPS) is 17.6. The van der Waals surface area contributed by atoms with Gasteiger partial charge in [0.05, 0.1) is 42.0 Å². The largest absolute Gasteiger partial charge is 0.495 e. The molecule has 0 radical (unpaired) electrons. The summed E-state index contributed by atoms with van der Waals surface area (Å²) in [5.41, 5.74) is 1.57. The number of anilines is 2. The number of hydrogen-bond acceptors (Lipinski definition) is 12. The summed E-state index contributed by atoms with van der Waals surface area (Å²) in [6.45, 7) is 5.45. The average molecular weight is 934 g/mol. The number of aromatic nitrogens is 9. The van der Waals surface area contributed by atoms with E-state index in [0.717, 1.165) is 68.6 Å². The molecule has 0 amide bonds. The minimum atomic E-state index is -3.13. The highest BCUT2D eigenvalue weighted by Crippen LogP contribution is 2.44. The summed E-state index contributed by atoms with van der Waals surface area (Å²) in [6.07, 6.45) is 8.99. The van der Waals surface area contributed by atoms with Gasteiger partial charge >= 0.3 is 0 Å². The van der Waals surface area contributed by atoms with E-state index < -0.39 is 29.2 Å². The van der Waals surface area contributed by atoms with Crippen LogP contribution in [0.25, 0.3) is 67.8 Å². The number of likely N-dealkylation sites (N-methyl/N-ethyl adjacent to an activating group) is 2. The summed E-state index contributed by atoms with van der Waals surface area (Å²) in [5.74, 6) is 1.06. The molecular formula is C51H47F4N13O. The number of nitrogens with zero attached hydrogens (tertiary/aromatic N) is 13. The fourth-order valence-corrected chi connectivity index (χ4v) is 9.76. The molecule has 69 heavy (non-hydrogen) atoms. The molecule has 2 atom stereocenters. The Hall–Kier alpha value is -7.57. The molecule has 0 saturated carbocycles. The predicted molar refractivity (Wildman–Crippen MR) is 255 cm³/mol. The van der Waals surface area contributed by atoms with Crippen LogP contribution in [0.3, 0.4) is 0 Å². The van der Waals surface area contributed by atoms with Crippen LogP contribution in [-0.4, -0.2) is 127 Å².